The minimum atomic E-state index is -0.417. The summed E-state index contributed by atoms with van der Waals surface area (Å²) in [6, 6.07) is 12.1. The van der Waals surface area contributed by atoms with Gasteiger partial charge in [-0.15, -0.1) is 10.2 Å². The first kappa shape index (κ1) is 19.0. The lowest BCUT2D eigenvalue weighted by molar-refractivity contribution is -0.384. The maximum atomic E-state index is 12.4. The third kappa shape index (κ3) is 5.11. The number of carbonyl (C=O) groups excluding carboxylic acids is 1. The lowest BCUT2D eigenvalue weighted by Crippen LogP contribution is -2.12. The summed E-state index contributed by atoms with van der Waals surface area (Å²) < 4.78 is 0.678. The van der Waals surface area contributed by atoms with Crippen molar-refractivity contribution in [1.29, 1.82) is 0 Å². The second-order valence-electron chi connectivity index (χ2n) is 5.92. The van der Waals surface area contributed by atoms with Crippen LogP contribution in [0.2, 0.25) is 0 Å². The Bertz CT molecular complexity index is 984. The van der Waals surface area contributed by atoms with Gasteiger partial charge in [-0.3, -0.25) is 20.2 Å². The molecule has 1 heterocycles. The molecule has 0 fully saturated rings. The Hall–Kier alpha value is -2.78. The molecule has 0 bridgehead atoms. The van der Waals surface area contributed by atoms with Crippen LogP contribution in [0.25, 0.3) is 0 Å². The van der Waals surface area contributed by atoms with E-state index in [9.17, 15) is 14.9 Å². The Kier molecular flexibility index (Phi) is 5.82. The molecule has 0 atom stereocenters. The Labute approximate surface area is 164 Å². The number of aryl methyl sites for hydroxylation is 2. The maximum absolute atomic E-state index is 12.4. The van der Waals surface area contributed by atoms with Crippen LogP contribution in [0.15, 0.2) is 46.8 Å². The van der Waals surface area contributed by atoms with E-state index in [1.807, 2.05) is 38.1 Å². The zero-order valence-electron chi connectivity index (χ0n) is 14.6. The molecule has 0 saturated heterocycles. The lowest BCUT2D eigenvalue weighted by Gasteiger charge is -2.04. The van der Waals surface area contributed by atoms with Crippen molar-refractivity contribution in [2.45, 2.75) is 23.9 Å². The van der Waals surface area contributed by atoms with Crippen LogP contribution >= 0.6 is 23.1 Å². The van der Waals surface area contributed by atoms with Gasteiger partial charge in [-0.05, 0) is 31.5 Å². The number of amides is 1. The topological polar surface area (TPSA) is 98.0 Å². The predicted octanol–water partition coefficient (Wildman–Crippen LogP) is 4.61. The van der Waals surface area contributed by atoms with Gasteiger partial charge < -0.3 is 0 Å². The summed E-state index contributed by atoms with van der Waals surface area (Å²) in [5, 5.41) is 22.1. The van der Waals surface area contributed by atoms with Crippen LogP contribution in [0.4, 0.5) is 10.8 Å². The predicted molar refractivity (Wildman–Crippen MR) is 106 cm³/mol. The molecule has 9 heteroatoms. The summed E-state index contributed by atoms with van der Waals surface area (Å²) in [5.74, 6) is 0.301. The number of nitrogens with zero attached hydrogens (tertiary/aromatic N) is 3. The monoisotopic (exact) mass is 400 g/mol. The van der Waals surface area contributed by atoms with Crippen LogP contribution in [0.3, 0.4) is 0 Å². The van der Waals surface area contributed by atoms with Gasteiger partial charge in [0.1, 0.15) is 0 Å². The van der Waals surface area contributed by atoms with Crippen molar-refractivity contribution >= 4 is 39.8 Å². The highest BCUT2D eigenvalue weighted by molar-refractivity contribution is 8.00. The zero-order valence-corrected chi connectivity index (χ0v) is 16.3. The van der Waals surface area contributed by atoms with Crippen molar-refractivity contribution in [3.8, 4) is 0 Å². The molecule has 0 aliphatic heterocycles. The van der Waals surface area contributed by atoms with Crippen molar-refractivity contribution in [3.05, 3.63) is 74.8 Å². The van der Waals surface area contributed by atoms with Gasteiger partial charge >= 0.3 is 0 Å². The van der Waals surface area contributed by atoms with Gasteiger partial charge in [-0.25, -0.2) is 0 Å². The van der Waals surface area contributed by atoms with Crippen LogP contribution in [0.1, 0.15) is 27.0 Å². The van der Waals surface area contributed by atoms with Crippen LogP contribution < -0.4 is 5.32 Å². The Morgan fingerprint density at radius 1 is 1.19 bits per heavy atom. The highest BCUT2D eigenvalue weighted by Crippen LogP contribution is 2.29. The number of nitro groups is 1. The second-order valence-corrected chi connectivity index (χ2v) is 8.12. The van der Waals surface area contributed by atoms with Gasteiger partial charge in [0.2, 0.25) is 5.13 Å². The molecule has 0 aliphatic carbocycles. The molecular formula is C18H16N4O3S2. The Morgan fingerprint density at radius 3 is 2.63 bits per heavy atom. The fourth-order valence-electron chi connectivity index (χ4n) is 2.50. The first-order valence-corrected chi connectivity index (χ1v) is 9.80. The number of non-ortho nitro benzene ring substituents is 1. The van der Waals surface area contributed by atoms with E-state index in [4.69, 9.17) is 0 Å². The Morgan fingerprint density at radius 2 is 1.93 bits per heavy atom. The molecule has 0 spiro atoms. The van der Waals surface area contributed by atoms with Gasteiger partial charge in [0.25, 0.3) is 11.6 Å². The van der Waals surface area contributed by atoms with Gasteiger partial charge in [0, 0.05) is 23.4 Å². The fraction of sp³-hybridized carbons (Fsp3) is 0.167. The molecule has 1 aromatic heterocycles. The van der Waals surface area contributed by atoms with E-state index in [2.05, 4.69) is 15.5 Å². The quantitative estimate of drug-likeness (QED) is 0.281. The van der Waals surface area contributed by atoms with E-state index in [1.54, 1.807) is 6.07 Å². The molecule has 27 heavy (non-hydrogen) atoms. The Balaban J connectivity index is 1.62. The van der Waals surface area contributed by atoms with E-state index in [0.717, 1.165) is 16.7 Å². The van der Waals surface area contributed by atoms with E-state index < -0.39 is 4.92 Å². The summed E-state index contributed by atoms with van der Waals surface area (Å²) in [7, 11) is 0. The largest absolute Gasteiger partial charge is 0.296 e. The molecule has 3 aromatic rings. The van der Waals surface area contributed by atoms with Gasteiger partial charge in [-0.2, -0.15) is 0 Å². The second kappa shape index (κ2) is 8.28. The number of nitrogens with one attached hydrogen (secondary N) is 1. The van der Waals surface area contributed by atoms with Crippen molar-refractivity contribution < 1.29 is 9.72 Å². The highest BCUT2D eigenvalue weighted by Gasteiger charge is 2.12. The third-order valence-electron chi connectivity index (χ3n) is 3.59. The summed E-state index contributed by atoms with van der Waals surface area (Å²) in [4.78, 5) is 22.8. The number of hydrogen-bond acceptors (Lipinski definition) is 7. The zero-order chi connectivity index (χ0) is 19.4. The van der Waals surface area contributed by atoms with Gasteiger partial charge in [0.15, 0.2) is 4.34 Å². The first-order valence-electron chi connectivity index (χ1n) is 8.00. The number of hydrogen-bond donors (Lipinski definition) is 1. The first-order chi connectivity index (χ1) is 12.9. The summed E-state index contributed by atoms with van der Waals surface area (Å²) >= 11 is 2.68. The standard InChI is InChI=1S/C18H16N4O3S2/c1-11-6-12(2)8-14(7-11)16(23)19-17-20-21-18(27-17)26-10-13-4-3-5-15(9-13)22(24)25/h3-9H,10H2,1-2H3,(H,19,20,23). The molecule has 2 aromatic carbocycles. The summed E-state index contributed by atoms with van der Waals surface area (Å²) in [6.07, 6.45) is 0. The third-order valence-corrected chi connectivity index (χ3v) is 5.64. The molecule has 7 nitrogen and oxygen atoms in total. The fourth-order valence-corrected chi connectivity index (χ4v) is 4.19. The van der Waals surface area contributed by atoms with Crippen LogP contribution in [-0.4, -0.2) is 21.0 Å². The molecule has 3 rings (SSSR count). The van der Waals surface area contributed by atoms with Gasteiger partial charge in [0.05, 0.1) is 4.92 Å². The minimum Gasteiger partial charge on any atom is -0.296 e. The molecule has 1 N–H and O–H groups in total. The molecule has 0 aliphatic rings. The molecular weight excluding hydrogens is 384 g/mol. The van der Waals surface area contributed by atoms with Crippen molar-refractivity contribution in [1.82, 2.24) is 10.2 Å². The van der Waals surface area contributed by atoms with Gasteiger partial charge in [-0.1, -0.05) is 52.4 Å². The van der Waals surface area contributed by atoms with Crippen molar-refractivity contribution in [2.75, 3.05) is 5.32 Å². The highest BCUT2D eigenvalue weighted by atomic mass is 32.2. The SMILES string of the molecule is Cc1cc(C)cc(C(=O)Nc2nnc(SCc3cccc([N+](=O)[O-])c3)s2)c1. The average molecular weight is 400 g/mol. The number of benzene rings is 2. The number of aromatic nitrogens is 2. The van der Waals surface area contributed by atoms with Crippen molar-refractivity contribution in [2.24, 2.45) is 0 Å². The lowest BCUT2D eigenvalue weighted by atomic mass is 10.1. The number of thioether (sulfide) groups is 1. The van der Waals surface area contributed by atoms with Crippen molar-refractivity contribution in [3.63, 3.8) is 0 Å². The normalized spacial score (nSPS) is 10.6. The average Bonchev–Trinajstić information content (AvgIpc) is 3.06. The molecule has 138 valence electrons. The number of carbonyl (C=O) groups is 1. The summed E-state index contributed by atoms with van der Waals surface area (Å²) in [6.45, 7) is 3.88. The minimum absolute atomic E-state index is 0.0618. The molecule has 1 amide bonds. The molecule has 0 unspecified atom stereocenters. The molecule has 0 saturated carbocycles. The smallest absolute Gasteiger partial charge is 0.269 e. The van der Waals surface area contributed by atoms with E-state index in [1.165, 1.54) is 35.2 Å². The van der Waals surface area contributed by atoms with E-state index >= 15 is 0 Å². The maximum Gasteiger partial charge on any atom is 0.269 e. The van der Waals surface area contributed by atoms with E-state index in [0.29, 0.717) is 20.8 Å². The van der Waals surface area contributed by atoms with E-state index in [-0.39, 0.29) is 11.6 Å². The number of rotatable bonds is 6. The van der Waals surface area contributed by atoms with Crippen LogP contribution in [0, 0.1) is 24.0 Å². The molecule has 0 radical (unpaired) electrons. The number of nitro benzene ring substituents is 1. The van der Waals surface area contributed by atoms with Crippen LogP contribution in [0.5, 0.6) is 0 Å². The van der Waals surface area contributed by atoms with Crippen LogP contribution in [-0.2, 0) is 5.75 Å². The summed E-state index contributed by atoms with van der Waals surface area (Å²) in [5.41, 5.74) is 3.50. The number of anilines is 1.